The highest BCUT2D eigenvalue weighted by Crippen LogP contribution is 2.22. The van der Waals surface area contributed by atoms with Crippen LogP contribution < -0.4 is 15.8 Å². The predicted molar refractivity (Wildman–Crippen MR) is 107 cm³/mol. The summed E-state index contributed by atoms with van der Waals surface area (Å²) in [6.07, 6.45) is 1.39. The van der Waals surface area contributed by atoms with Crippen LogP contribution in [0.2, 0.25) is 0 Å². The fraction of sp³-hybridized carbons (Fsp3) is 0.100. The van der Waals surface area contributed by atoms with Gasteiger partial charge in [0.1, 0.15) is 0 Å². The lowest BCUT2D eigenvalue weighted by Crippen LogP contribution is -2.25. The molecule has 0 saturated carbocycles. The van der Waals surface area contributed by atoms with Gasteiger partial charge in [0.25, 0.3) is 11.8 Å². The molecule has 0 saturated heterocycles. The molecule has 1 heterocycles. The molecule has 0 atom stereocenters. The second-order valence-corrected chi connectivity index (χ2v) is 7.86. The fourth-order valence-electron chi connectivity index (χ4n) is 2.68. The second-order valence-electron chi connectivity index (χ2n) is 6.30. The van der Waals surface area contributed by atoms with Gasteiger partial charge in [-0.15, -0.1) is 0 Å². The minimum Gasteiger partial charge on any atom is -0.459 e. The number of carbonyl (C=O) groups is 2. The van der Waals surface area contributed by atoms with E-state index in [2.05, 4.69) is 10.6 Å². The minimum atomic E-state index is -3.77. The van der Waals surface area contributed by atoms with E-state index in [1.165, 1.54) is 24.5 Å². The number of amides is 2. The summed E-state index contributed by atoms with van der Waals surface area (Å²) in [6, 6.07) is 14.1. The highest BCUT2D eigenvalue weighted by Gasteiger charge is 2.17. The van der Waals surface area contributed by atoms with Gasteiger partial charge in [0.05, 0.1) is 22.4 Å². The molecule has 29 heavy (non-hydrogen) atoms. The molecule has 3 rings (SSSR count). The van der Waals surface area contributed by atoms with Gasteiger partial charge in [0.2, 0.25) is 10.0 Å². The first-order valence-electron chi connectivity index (χ1n) is 8.60. The van der Waals surface area contributed by atoms with Crippen molar-refractivity contribution in [2.45, 2.75) is 18.4 Å². The lowest BCUT2D eigenvalue weighted by atomic mass is 10.1. The molecule has 3 aromatic rings. The first-order chi connectivity index (χ1) is 13.8. The molecule has 0 aliphatic rings. The van der Waals surface area contributed by atoms with Crippen molar-refractivity contribution in [1.82, 2.24) is 5.32 Å². The second kappa shape index (κ2) is 8.29. The van der Waals surface area contributed by atoms with Crippen molar-refractivity contribution < 1.29 is 22.4 Å². The SMILES string of the molecule is Cc1cccc(C(=O)NCc2ccc(S(N)(=O)=O)cc2)c1NC(=O)c1ccco1. The highest BCUT2D eigenvalue weighted by atomic mass is 32.2. The van der Waals surface area contributed by atoms with Crippen LogP contribution in [0.15, 0.2) is 70.2 Å². The molecule has 2 aromatic carbocycles. The van der Waals surface area contributed by atoms with Gasteiger partial charge in [0.15, 0.2) is 5.76 Å². The Labute approximate surface area is 167 Å². The number of hydrogen-bond donors (Lipinski definition) is 3. The number of nitrogens with two attached hydrogens (primary N) is 1. The molecule has 4 N–H and O–H groups in total. The summed E-state index contributed by atoms with van der Waals surface area (Å²) in [4.78, 5) is 25.0. The van der Waals surface area contributed by atoms with Crippen LogP contribution in [0.3, 0.4) is 0 Å². The molecule has 0 aliphatic heterocycles. The van der Waals surface area contributed by atoms with Crippen molar-refractivity contribution in [1.29, 1.82) is 0 Å². The largest absolute Gasteiger partial charge is 0.459 e. The number of para-hydroxylation sites is 1. The summed E-state index contributed by atoms with van der Waals surface area (Å²) in [5.74, 6) is -0.717. The molecule has 8 nitrogen and oxygen atoms in total. The van der Waals surface area contributed by atoms with Gasteiger partial charge < -0.3 is 15.1 Å². The predicted octanol–water partition coefficient (Wildman–Crippen LogP) is 2.42. The normalized spacial score (nSPS) is 11.1. The van der Waals surface area contributed by atoms with Gasteiger partial charge in [-0.2, -0.15) is 0 Å². The number of sulfonamides is 1. The molecule has 150 valence electrons. The summed E-state index contributed by atoms with van der Waals surface area (Å²) in [6.45, 7) is 1.95. The topological polar surface area (TPSA) is 132 Å². The first-order valence-corrected chi connectivity index (χ1v) is 10.1. The molecule has 0 aliphatic carbocycles. The monoisotopic (exact) mass is 413 g/mol. The minimum absolute atomic E-state index is 0.00538. The Balaban J connectivity index is 1.74. The maximum absolute atomic E-state index is 12.7. The lowest BCUT2D eigenvalue weighted by Gasteiger charge is -2.13. The number of carbonyl (C=O) groups excluding carboxylic acids is 2. The van der Waals surface area contributed by atoms with Gasteiger partial charge in [-0.1, -0.05) is 24.3 Å². The smallest absolute Gasteiger partial charge is 0.291 e. The third kappa shape index (κ3) is 4.89. The Bertz CT molecular complexity index is 1140. The summed E-state index contributed by atoms with van der Waals surface area (Å²) >= 11 is 0. The van der Waals surface area contributed by atoms with Crippen molar-refractivity contribution in [2.75, 3.05) is 5.32 Å². The Morgan fingerprint density at radius 1 is 1.00 bits per heavy atom. The molecule has 0 unspecified atom stereocenters. The zero-order chi connectivity index (χ0) is 21.0. The van der Waals surface area contributed by atoms with E-state index in [1.54, 1.807) is 43.3 Å². The lowest BCUT2D eigenvalue weighted by molar-refractivity contribution is 0.0951. The van der Waals surface area contributed by atoms with Crippen molar-refractivity contribution >= 4 is 27.5 Å². The molecule has 9 heteroatoms. The molecule has 0 spiro atoms. The number of anilines is 1. The van der Waals surface area contributed by atoms with Crippen molar-refractivity contribution in [2.24, 2.45) is 5.14 Å². The Morgan fingerprint density at radius 2 is 1.72 bits per heavy atom. The van der Waals surface area contributed by atoms with Gasteiger partial charge in [-0.25, -0.2) is 13.6 Å². The van der Waals surface area contributed by atoms with E-state index in [4.69, 9.17) is 9.56 Å². The van der Waals surface area contributed by atoms with Gasteiger partial charge in [0, 0.05) is 6.54 Å². The molecular formula is C20H19N3O5S. The average Bonchev–Trinajstić information content (AvgIpc) is 3.22. The number of hydrogen-bond acceptors (Lipinski definition) is 5. The van der Waals surface area contributed by atoms with Crippen LogP contribution in [0.5, 0.6) is 0 Å². The number of aryl methyl sites for hydroxylation is 1. The maximum atomic E-state index is 12.7. The number of furan rings is 1. The van der Waals surface area contributed by atoms with E-state index in [9.17, 15) is 18.0 Å². The summed E-state index contributed by atoms with van der Waals surface area (Å²) in [5.41, 5.74) is 2.09. The van der Waals surface area contributed by atoms with Crippen LogP contribution in [0, 0.1) is 6.92 Å². The third-order valence-corrected chi connectivity index (χ3v) is 5.14. The van der Waals surface area contributed by atoms with Crippen LogP contribution in [-0.2, 0) is 16.6 Å². The van der Waals surface area contributed by atoms with E-state index < -0.39 is 15.9 Å². The van der Waals surface area contributed by atoms with E-state index in [0.29, 0.717) is 16.8 Å². The van der Waals surface area contributed by atoms with Crippen LogP contribution >= 0.6 is 0 Å². The van der Waals surface area contributed by atoms with Crippen LogP contribution in [0.4, 0.5) is 5.69 Å². The number of primary sulfonamides is 1. The quantitative estimate of drug-likeness (QED) is 0.571. The molecule has 0 radical (unpaired) electrons. The van der Waals surface area contributed by atoms with Crippen LogP contribution in [0.25, 0.3) is 0 Å². The van der Waals surface area contributed by atoms with Crippen molar-refractivity contribution in [3.63, 3.8) is 0 Å². The molecule has 0 bridgehead atoms. The maximum Gasteiger partial charge on any atom is 0.291 e. The van der Waals surface area contributed by atoms with Crippen LogP contribution in [0.1, 0.15) is 32.0 Å². The molecule has 2 amide bonds. The van der Waals surface area contributed by atoms with Crippen molar-refractivity contribution in [3.05, 3.63) is 83.3 Å². The van der Waals surface area contributed by atoms with Gasteiger partial charge in [-0.3, -0.25) is 9.59 Å². The molecule has 1 aromatic heterocycles. The Morgan fingerprint density at radius 3 is 2.34 bits per heavy atom. The molecular weight excluding hydrogens is 394 g/mol. The highest BCUT2D eigenvalue weighted by molar-refractivity contribution is 7.89. The number of nitrogens with one attached hydrogen (secondary N) is 2. The molecule has 0 fully saturated rings. The summed E-state index contributed by atoms with van der Waals surface area (Å²) in [7, 11) is -3.77. The zero-order valence-electron chi connectivity index (χ0n) is 15.5. The van der Waals surface area contributed by atoms with E-state index in [0.717, 1.165) is 5.56 Å². The zero-order valence-corrected chi connectivity index (χ0v) is 16.3. The summed E-state index contributed by atoms with van der Waals surface area (Å²) in [5, 5.41) is 10.5. The fourth-order valence-corrected chi connectivity index (χ4v) is 3.20. The Kier molecular flexibility index (Phi) is 5.81. The summed E-state index contributed by atoms with van der Waals surface area (Å²) < 4.78 is 27.7. The standard InChI is InChI=1S/C20H19N3O5S/c1-13-4-2-5-16(18(13)23-20(25)17-6-3-11-28-17)19(24)22-12-14-7-9-15(10-8-14)29(21,26)27/h2-11H,12H2,1H3,(H,22,24)(H,23,25)(H2,21,26,27). The van der Waals surface area contributed by atoms with E-state index in [-0.39, 0.29) is 23.1 Å². The van der Waals surface area contributed by atoms with Gasteiger partial charge in [-0.05, 0) is 48.4 Å². The number of rotatable bonds is 6. The van der Waals surface area contributed by atoms with E-state index >= 15 is 0 Å². The first kappa shape index (κ1) is 20.3. The van der Waals surface area contributed by atoms with Gasteiger partial charge >= 0.3 is 0 Å². The Hall–Kier alpha value is -3.43. The van der Waals surface area contributed by atoms with E-state index in [1.807, 2.05) is 0 Å². The average molecular weight is 413 g/mol. The van der Waals surface area contributed by atoms with Crippen LogP contribution in [-0.4, -0.2) is 20.2 Å². The third-order valence-electron chi connectivity index (χ3n) is 4.21. The van der Waals surface area contributed by atoms with Crippen molar-refractivity contribution in [3.8, 4) is 0 Å². The number of benzene rings is 2.